The van der Waals surface area contributed by atoms with Gasteiger partial charge in [0.2, 0.25) is 0 Å². The predicted molar refractivity (Wildman–Crippen MR) is 75.9 cm³/mol. The summed E-state index contributed by atoms with van der Waals surface area (Å²) >= 11 is 0. The fraction of sp³-hybridized carbons (Fsp3) is 0.923. The first-order valence-corrected chi connectivity index (χ1v) is 8.71. The van der Waals surface area contributed by atoms with Gasteiger partial charge in [-0.2, -0.15) is 8.42 Å². The Balaban J connectivity index is 2.40. The summed E-state index contributed by atoms with van der Waals surface area (Å²) in [5.74, 6) is 0.262. The number of carbonyl (C=O) groups is 1. The number of piperidine rings is 1. The van der Waals surface area contributed by atoms with E-state index in [0.29, 0.717) is 19.5 Å². The average Bonchev–Trinajstić information content (AvgIpc) is 2.25. The van der Waals surface area contributed by atoms with E-state index in [4.69, 9.17) is 8.92 Å². The van der Waals surface area contributed by atoms with Gasteiger partial charge < -0.3 is 9.64 Å². The second-order valence-electron chi connectivity index (χ2n) is 6.25. The molecule has 1 fully saturated rings. The van der Waals surface area contributed by atoms with E-state index < -0.39 is 15.7 Å². The van der Waals surface area contributed by atoms with Crippen molar-refractivity contribution >= 4 is 16.2 Å². The molecular weight excluding hydrogens is 282 g/mol. The standard InChI is InChI=1S/C13H25NO5S/c1-13(2,3)19-12(15)14-8-5-6-11(10-14)7-9-18-20(4,16)17/h11H,5-10H2,1-4H3. The summed E-state index contributed by atoms with van der Waals surface area (Å²) in [6.07, 6.45) is 3.26. The number of amides is 1. The van der Waals surface area contributed by atoms with Crippen LogP contribution in [-0.4, -0.2) is 51.0 Å². The number of hydrogen-bond donors (Lipinski definition) is 0. The quantitative estimate of drug-likeness (QED) is 0.743. The molecule has 7 heteroatoms. The van der Waals surface area contributed by atoms with E-state index in [1.54, 1.807) is 4.90 Å². The monoisotopic (exact) mass is 307 g/mol. The van der Waals surface area contributed by atoms with Gasteiger partial charge in [-0.05, 0) is 46.0 Å². The highest BCUT2D eigenvalue weighted by molar-refractivity contribution is 7.85. The molecule has 0 saturated carbocycles. The third-order valence-electron chi connectivity index (χ3n) is 2.99. The molecule has 1 amide bonds. The van der Waals surface area contributed by atoms with Crippen molar-refractivity contribution < 1.29 is 22.1 Å². The molecule has 1 aliphatic rings. The fourth-order valence-electron chi connectivity index (χ4n) is 2.16. The first-order chi connectivity index (χ1) is 9.07. The number of rotatable bonds is 4. The molecule has 0 N–H and O–H groups in total. The molecule has 6 nitrogen and oxygen atoms in total. The van der Waals surface area contributed by atoms with E-state index in [2.05, 4.69) is 0 Å². The summed E-state index contributed by atoms with van der Waals surface area (Å²) in [4.78, 5) is 13.7. The van der Waals surface area contributed by atoms with Gasteiger partial charge in [-0.3, -0.25) is 4.18 Å². The van der Waals surface area contributed by atoms with E-state index in [-0.39, 0.29) is 18.6 Å². The lowest BCUT2D eigenvalue weighted by atomic mass is 9.95. The lowest BCUT2D eigenvalue weighted by Crippen LogP contribution is -2.43. The molecule has 0 spiro atoms. The number of nitrogens with zero attached hydrogens (tertiary/aromatic N) is 1. The van der Waals surface area contributed by atoms with Gasteiger partial charge in [-0.15, -0.1) is 0 Å². The second-order valence-corrected chi connectivity index (χ2v) is 7.89. The molecule has 0 bridgehead atoms. The Morgan fingerprint density at radius 1 is 1.35 bits per heavy atom. The van der Waals surface area contributed by atoms with Crippen LogP contribution in [-0.2, 0) is 19.0 Å². The Kier molecular flexibility index (Phi) is 5.82. The lowest BCUT2D eigenvalue weighted by Gasteiger charge is -2.34. The Labute approximate surface area is 121 Å². The highest BCUT2D eigenvalue weighted by Crippen LogP contribution is 2.21. The third-order valence-corrected chi connectivity index (χ3v) is 3.59. The van der Waals surface area contributed by atoms with Crippen LogP contribution < -0.4 is 0 Å². The third kappa shape index (κ3) is 7.09. The molecule has 1 saturated heterocycles. The molecular formula is C13H25NO5S. The highest BCUT2D eigenvalue weighted by Gasteiger charge is 2.27. The van der Waals surface area contributed by atoms with Crippen LogP contribution in [0.15, 0.2) is 0 Å². The van der Waals surface area contributed by atoms with Crippen LogP contribution >= 0.6 is 0 Å². The molecule has 1 rings (SSSR count). The molecule has 20 heavy (non-hydrogen) atoms. The number of carbonyl (C=O) groups excluding carboxylic acids is 1. The van der Waals surface area contributed by atoms with E-state index in [1.165, 1.54) is 0 Å². The zero-order chi connectivity index (χ0) is 15.4. The Bertz CT molecular complexity index is 427. The summed E-state index contributed by atoms with van der Waals surface area (Å²) in [5, 5.41) is 0. The fourth-order valence-corrected chi connectivity index (χ4v) is 2.56. The van der Waals surface area contributed by atoms with Crippen LogP contribution in [0.3, 0.4) is 0 Å². The maximum Gasteiger partial charge on any atom is 0.410 e. The summed E-state index contributed by atoms with van der Waals surface area (Å²) in [6.45, 7) is 6.98. The maximum atomic E-state index is 12.0. The van der Waals surface area contributed by atoms with Crippen molar-refractivity contribution in [1.82, 2.24) is 4.90 Å². The van der Waals surface area contributed by atoms with Gasteiger partial charge in [0.15, 0.2) is 0 Å². The summed E-state index contributed by atoms with van der Waals surface area (Å²) in [7, 11) is -3.38. The van der Waals surface area contributed by atoms with Crippen molar-refractivity contribution in [3.05, 3.63) is 0 Å². The molecule has 0 radical (unpaired) electrons. The molecule has 118 valence electrons. The van der Waals surface area contributed by atoms with Crippen LogP contribution in [0.4, 0.5) is 4.79 Å². The largest absolute Gasteiger partial charge is 0.444 e. The minimum atomic E-state index is -3.38. The van der Waals surface area contributed by atoms with Crippen LogP contribution in [0.25, 0.3) is 0 Å². The van der Waals surface area contributed by atoms with Gasteiger partial charge in [0, 0.05) is 13.1 Å². The zero-order valence-electron chi connectivity index (χ0n) is 12.7. The van der Waals surface area contributed by atoms with Crippen molar-refractivity contribution in [2.75, 3.05) is 26.0 Å². The summed E-state index contributed by atoms with van der Waals surface area (Å²) in [5.41, 5.74) is -0.497. The zero-order valence-corrected chi connectivity index (χ0v) is 13.5. The van der Waals surface area contributed by atoms with E-state index in [1.807, 2.05) is 20.8 Å². The van der Waals surface area contributed by atoms with E-state index in [0.717, 1.165) is 19.1 Å². The van der Waals surface area contributed by atoms with E-state index >= 15 is 0 Å². The Hall–Kier alpha value is -0.820. The minimum absolute atomic E-state index is 0.172. The van der Waals surface area contributed by atoms with Gasteiger partial charge in [-0.1, -0.05) is 0 Å². The number of hydrogen-bond acceptors (Lipinski definition) is 5. The first-order valence-electron chi connectivity index (χ1n) is 6.89. The van der Waals surface area contributed by atoms with Crippen molar-refractivity contribution in [3.63, 3.8) is 0 Å². The molecule has 1 unspecified atom stereocenters. The lowest BCUT2D eigenvalue weighted by molar-refractivity contribution is 0.0155. The van der Waals surface area contributed by atoms with E-state index in [9.17, 15) is 13.2 Å². The molecule has 0 aliphatic carbocycles. The molecule has 0 aromatic rings. The smallest absolute Gasteiger partial charge is 0.410 e. The van der Waals surface area contributed by atoms with Crippen LogP contribution in [0.2, 0.25) is 0 Å². The van der Waals surface area contributed by atoms with Gasteiger partial charge >= 0.3 is 6.09 Å². The summed E-state index contributed by atoms with van der Waals surface area (Å²) in [6, 6.07) is 0. The van der Waals surface area contributed by atoms with Gasteiger partial charge in [0.05, 0.1) is 12.9 Å². The van der Waals surface area contributed by atoms with Crippen molar-refractivity contribution in [2.45, 2.75) is 45.6 Å². The van der Waals surface area contributed by atoms with Crippen LogP contribution in [0, 0.1) is 5.92 Å². The molecule has 1 heterocycles. The highest BCUT2D eigenvalue weighted by atomic mass is 32.2. The van der Waals surface area contributed by atoms with Gasteiger partial charge in [-0.25, -0.2) is 4.79 Å². The van der Waals surface area contributed by atoms with Crippen LogP contribution in [0.1, 0.15) is 40.0 Å². The Morgan fingerprint density at radius 3 is 2.55 bits per heavy atom. The summed E-state index contributed by atoms with van der Waals surface area (Å²) < 4.78 is 31.9. The average molecular weight is 307 g/mol. The second kappa shape index (κ2) is 6.76. The molecule has 0 aromatic heterocycles. The molecule has 0 aromatic carbocycles. The topological polar surface area (TPSA) is 72.9 Å². The number of ether oxygens (including phenoxy) is 1. The van der Waals surface area contributed by atoms with Crippen molar-refractivity contribution in [2.24, 2.45) is 5.92 Å². The van der Waals surface area contributed by atoms with Crippen molar-refractivity contribution in [3.8, 4) is 0 Å². The van der Waals surface area contributed by atoms with Crippen LogP contribution in [0.5, 0.6) is 0 Å². The first kappa shape index (κ1) is 17.2. The number of likely N-dealkylation sites (tertiary alicyclic amines) is 1. The SMILES string of the molecule is CC(C)(C)OC(=O)N1CCCC(CCOS(C)(=O)=O)C1. The normalized spacial score (nSPS) is 20.8. The molecule has 1 atom stereocenters. The van der Waals surface area contributed by atoms with Gasteiger partial charge in [0.25, 0.3) is 10.1 Å². The maximum absolute atomic E-state index is 12.0. The Morgan fingerprint density at radius 2 is 2.00 bits per heavy atom. The minimum Gasteiger partial charge on any atom is -0.444 e. The van der Waals surface area contributed by atoms with Gasteiger partial charge in [0.1, 0.15) is 5.60 Å². The van der Waals surface area contributed by atoms with Crippen molar-refractivity contribution in [1.29, 1.82) is 0 Å². The predicted octanol–water partition coefficient (Wildman–Crippen LogP) is 2.00. The molecule has 1 aliphatic heterocycles.